The molecule has 0 bridgehead atoms. The molecule has 1 saturated heterocycles. The highest BCUT2D eigenvalue weighted by Crippen LogP contribution is 2.45. The summed E-state index contributed by atoms with van der Waals surface area (Å²) in [6.07, 6.45) is 0. The molecule has 9 heteroatoms. The maximum absolute atomic E-state index is 13.4. The van der Waals surface area contributed by atoms with Gasteiger partial charge in [-0.15, -0.1) is 11.3 Å². The Morgan fingerprint density at radius 1 is 1.03 bits per heavy atom. The number of hydrogen-bond acceptors (Lipinski definition) is 8. The van der Waals surface area contributed by atoms with Crippen LogP contribution in [0.1, 0.15) is 41.6 Å². The van der Waals surface area contributed by atoms with Gasteiger partial charge in [-0.25, -0.2) is 4.98 Å². The zero-order valence-corrected chi connectivity index (χ0v) is 21.6. The monoisotopic (exact) mass is 508 g/mol. The number of Topliss-reactive ketones (excluding diaryl/α,β-unsaturated/α-hetero) is 1. The molecular weight excluding hydrogens is 480 g/mol. The van der Waals surface area contributed by atoms with Gasteiger partial charge in [-0.05, 0) is 69.7 Å². The summed E-state index contributed by atoms with van der Waals surface area (Å²) in [5, 5.41) is 11.7. The molecule has 4 rings (SSSR count). The first-order valence-corrected chi connectivity index (χ1v) is 12.4. The van der Waals surface area contributed by atoms with Crippen LogP contribution in [0.15, 0.2) is 48.0 Å². The zero-order chi connectivity index (χ0) is 26.0. The van der Waals surface area contributed by atoms with E-state index in [1.54, 1.807) is 42.5 Å². The van der Waals surface area contributed by atoms with Crippen LogP contribution in [0.5, 0.6) is 17.2 Å². The Hall–Kier alpha value is -3.85. The third kappa shape index (κ3) is 4.54. The van der Waals surface area contributed by atoms with E-state index in [4.69, 9.17) is 14.2 Å². The summed E-state index contributed by atoms with van der Waals surface area (Å²) in [6, 6.07) is 11.0. The first-order chi connectivity index (χ1) is 17.3. The number of aryl methyl sites for hydroxylation is 2. The molecule has 2 aromatic carbocycles. The van der Waals surface area contributed by atoms with Gasteiger partial charge in [0.05, 0.1) is 37.6 Å². The van der Waals surface area contributed by atoms with Gasteiger partial charge in [0.15, 0.2) is 16.6 Å². The summed E-state index contributed by atoms with van der Waals surface area (Å²) in [5.74, 6) is -0.197. The third-order valence-corrected chi connectivity index (χ3v) is 6.98. The largest absolute Gasteiger partial charge is 0.507 e. The van der Waals surface area contributed by atoms with E-state index in [9.17, 15) is 14.7 Å². The van der Waals surface area contributed by atoms with E-state index in [2.05, 4.69) is 4.98 Å². The molecule has 3 aromatic rings. The Morgan fingerprint density at radius 2 is 1.72 bits per heavy atom. The predicted octanol–water partition coefficient (Wildman–Crippen LogP) is 5.19. The van der Waals surface area contributed by atoms with Crippen LogP contribution in [-0.4, -0.2) is 42.1 Å². The summed E-state index contributed by atoms with van der Waals surface area (Å²) in [5.41, 5.74) is 1.71. The van der Waals surface area contributed by atoms with Crippen molar-refractivity contribution in [2.24, 2.45) is 0 Å². The fourth-order valence-electron chi connectivity index (χ4n) is 4.06. The number of carbonyl (C=O) groups excluding carboxylic acids is 2. The number of ketones is 1. The van der Waals surface area contributed by atoms with E-state index in [-0.39, 0.29) is 11.3 Å². The molecule has 0 saturated carbocycles. The Kier molecular flexibility index (Phi) is 7.30. The summed E-state index contributed by atoms with van der Waals surface area (Å²) >= 11 is 1.32. The Balaban J connectivity index is 1.91. The van der Waals surface area contributed by atoms with Crippen molar-refractivity contribution in [1.82, 2.24) is 4.98 Å². The van der Waals surface area contributed by atoms with Crippen molar-refractivity contribution in [3.63, 3.8) is 0 Å². The van der Waals surface area contributed by atoms with Crippen molar-refractivity contribution in [2.45, 2.75) is 33.7 Å². The SMILES string of the molecule is CCOc1ccc(/C(O)=C2\C(=O)C(=O)N(c3nc(C)c(C)s3)[C@H]2c2ccc(OCC)c(OC)c2)cc1. The molecule has 2 heterocycles. The van der Waals surface area contributed by atoms with Crippen molar-refractivity contribution in [2.75, 3.05) is 25.2 Å². The Morgan fingerprint density at radius 3 is 2.31 bits per heavy atom. The van der Waals surface area contributed by atoms with Gasteiger partial charge in [0.25, 0.3) is 5.78 Å². The van der Waals surface area contributed by atoms with E-state index >= 15 is 0 Å². The Labute approximate surface area is 213 Å². The molecule has 1 atom stereocenters. The second-order valence-electron chi connectivity index (χ2n) is 8.11. The van der Waals surface area contributed by atoms with Crippen LogP contribution < -0.4 is 19.1 Å². The lowest BCUT2D eigenvalue weighted by molar-refractivity contribution is -0.132. The van der Waals surface area contributed by atoms with E-state index in [1.807, 2.05) is 27.7 Å². The third-order valence-electron chi connectivity index (χ3n) is 5.91. The number of thiazole rings is 1. The number of ether oxygens (including phenoxy) is 3. The fourth-order valence-corrected chi connectivity index (χ4v) is 5.00. The molecule has 188 valence electrons. The van der Waals surface area contributed by atoms with Gasteiger partial charge in [-0.2, -0.15) is 0 Å². The van der Waals surface area contributed by atoms with Crippen molar-refractivity contribution >= 4 is 33.9 Å². The minimum absolute atomic E-state index is 0.0270. The summed E-state index contributed by atoms with van der Waals surface area (Å²) < 4.78 is 16.6. The molecule has 1 aromatic heterocycles. The quantitative estimate of drug-likeness (QED) is 0.254. The number of benzene rings is 2. The number of aromatic nitrogens is 1. The smallest absolute Gasteiger partial charge is 0.301 e. The summed E-state index contributed by atoms with van der Waals surface area (Å²) in [4.78, 5) is 33.5. The molecule has 1 fully saturated rings. The average Bonchev–Trinajstić information content (AvgIpc) is 3.34. The topological polar surface area (TPSA) is 98.2 Å². The average molecular weight is 509 g/mol. The number of anilines is 1. The minimum Gasteiger partial charge on any atom is -0.507 e. The number of carbonyl (C=O) groups is 2. The van der Waals surface area contributed by atoms with Crippen molar-refractivity contribution in [3.05, 3.63) is 69.7 Å². The molecule has 0 spiro atoms. The number of nitrogens with zero attached hydrogens (tertiary/aromatic N) is 2. The van der Waals surface area contributed by atoms with Gasteiger partial charge < -0.3 is 19.3 Å². The molecule has 0 radical (unpaired) electrons. The van der Waals surface area contributed by atoms with Crippen LogP contribution >= 0.6 is 11.3 Å². The number of hydrogen-bond donors (Lipinski definition) is 1. The summed E-state index contributed by atoms with van der Waals surface area (Å²) in [7, 11) is 1.52. The van der Waals surface area contributed by atoms with Crippen molar-refractivity contribution in [1.29, 1.82) is 0 Å². The maximum Gasteiger partial charge on any atom is 0.301 e. The van der Waals surface area contributed by atoms with Crippen LogP contribution in [-0.2, 0) is 9.59 Å². The first-order valence-electron chi connectivity index (χ1n) is 11.6. The second-order valence-corrected chi connectivity index (χ2v) is 9.29. The summed E-state index contributed by atoms with van der Waals surface area (Å²) in [6.45, 7) is 8.45. The first kappa shape index (κ1) is 25.2. The van der Waals surface area contributed by atoms with Gasteiger partial charge in [0.2, 0.25) is 0 Å². The molecule has 0 unspecified atom stereocenters. The second kappa shape index (κ2) is 10.4. The van der Waals surface area contributed by atoms with Crippen LogP contribution in [0.2, 0.25) is 0 Å². The van der Waals surface area contributed by atoms with Gasteiger partial charge >= 0.3 is 5.91 Å². The van der Waals surface area contributed by atoms with Crippen LogP contribution in [0.25, 0.3) is 5.76 Å². The number of rotatable bonds is 8. The number of amides is 1. The maximum atomic E-state index is 13.4. The zero-order valence-electron chi connectivity index (χ0n) is 20.8. The lowest BCUT2D eigenvalue weighted by Crippen LogP contribution is -2.29. The lowest BCUT2D eigenvalue weighted by atomic mass is 9.95. The molecule has 0 aliphatic carbocycles. The highest BCUT2D eigenvalue weighted by atomic mass is 32.1. The van der Waals surface area contributed by atoms with E-state index in [0.29, 0.717) is 46.7 Å². The van der Waals surface area contributed by atoms with E-state index in [0.717, 1.165) is 10.6 Å². The van der Waals surface area contributed by atoms with Gasteiger partial charge in [-0.3, -0.25) is 14.5 Å². The molecular formula is C27H28N2O6S. The van der Waals surface area contributed by atoms with Crippen LogP contribution in [0, 0.1) is 13.8 Å². The lowest BCUT2D eigenvalue weighted by Gasteiger charge is -2.24. The number of aliphatic hydroxyl groups excluding tert-OH is 1. The van der Waals surface area contributed by atoms with E-state index < -0.39 is 17.7 Å². The molecule has 1 amide bonds. The molecule has 1 N–H and O–H groups in total. The number of methoxy groups -OCH3 is 1. The Bertz CT molecular complexity index is 1310. The number of aliphatic hydroxyl groups is 1. The van der Waals surface area contributed by atoms with Gasteiger partial charge in [0, 0.05) is 10.4 Å². The predicted molar refractivity (Wildman–Crippen MR) is 138 cm³/mol. The van der Waals surface area contributed by atoms with E-state index in [1.165, 1.54) is 23.3 Å². The highest BCUT2D eigenvalue weighted by Gasteiger charge is 2.48. The minimum atomic E-state index is -0.911. The van der Waals surface area contributed by atoms with Crippen molar-refractivity contribution < 1.29 is 28.9 Å². The van der Waals surface area contributed by atoms with Gasteiger partial charge in [0.1, 0.15) is 11.5 Å². The highest BCUT2D eigenvalue weighted by molar-refractivity contribution is 7.16. The molecule has 1 aliphatic rings. The van der Waals surface area contributed by atoms with Crippen LogP contribution in [0.4, 0.5) is 5.13 Å². The normalized spacial score (nSPS) is 16.9. The van der Waals surface area contributed by atoms with Gasteiger partial charge in [-0.1, -0.05) is 6.07 Å². The fraction of sp³-hybridized carbons (Fsp3) is 0.296. The molecule has 36 heavy (non-hydrogen) atoms. The van der Waals surface area contributed by atoms with Crippen molar-refractivity contribution in [3.8, 4) is 17.2 Å². The molecule has 1 aliphatic heterocycles. The van der Waals surface area contributed by atoms with Crippen LogP contribution in [0.3, 0.4) is 0 Å². The molecule has 8 nitrogen and oxygen atoms in total. The standard InChI is InChI=1S/C27H28N2O6S/c1-6-34-19-11-8-17(9-12-19)24(30)22-23(18-10-13-20(35-7-2)21(14-18)33-5)29(26(32)25(22)31)27-28-15(3)16(4)36-27/h8-14,23,30H,6-7H2,1-5H3/b24-22+/t23-/m0/s1.